The predicted molar refractivity (Wildman–Crippen MR) is 89.3 cm³/mol. The second-order valence-corrected chi connectivity index (χ2v) is 6.08. The topological polar surface area (TPSA) is 61.8 Å². The van der Waals surface area contributed by atoms with Gasteiger partial charge in [0.2, 0.25) is 0 Å². The van der Waals surface area contributed by atoms with Gasteiger partial charge in [-0.25, -0.2) is 4.79 Å². The first-order valence-electron chi connectivity index (χ1n) is 8.54. The van der Waals surface area contributed by atoms with E-state index in [2.05, 4.69) is 11.9 Å². The molecule has 1 rings (SSSR count). The lowest BCUT2D eigenvalue weighted by Gasteiger charge is -2.33. The van der Waals surface area contributed by atoms with E-state index < -0.39 is 6.09 Å². The van der Waals surface area contributed by atoms with Gasteiger partial charge in [-0.1, -0.05) is 6.08 Å². The summed E-state index contributed by atoms with van der Waals surface area (Å²) in [6.07, 6.45) is 9.74. The highest BCUT2D eigenvalue weighted by molar-refractivity contribution is 5.64. The van der Waals surface area contributed by atoms with E-state index in [4.69, 9.17) is 9.84 Å². The van der Waals surface area contributed by atoms with E-state index in [-0.39, 0.29) is 6.04 Å². The highest BCUT2D eigenvalue weighted by Gasteiger charge is 2.26. The highest BCUT2D eigenvalue weighted by Crippen LogP contribution is 2.24. The molecular formula is C17H32N2O3. The van der Waals surface area contributed by atoms with Gasteiger partial charge >= 0.3 is 6.09 Å². The summed E-state index contributed by atoms with van der Waals surface area (Å²) in [7, 11) is 1.66. The van der Waals surface area contributed by atoms with Gasteiger partial charge in [-0.3, -0.25) is 0 Å². The van der Waals surface area contributed by atoms with E-state index >= 15 is 0 Å². The summed E-state index contributed by atoms with van der Waals surface area (Å²) < 4.78 is 5.92. The Labute approximate surface area is 134 Å². The number of unbranched alkanes of at least 4 members (excludes halogenated alkanes) is 2. The molecule has 1 saturated carbocycles. The molecule has 0 aromatic rings. The third kappa shape index (κ3) is 7.80. The standard InChI is InChI=1S/C17H32N2O3/c1-3-4-12-18-13-6-5-7-14-22-16-10-8-15(9-11-16)19(2)17(20)21/h3,15-16,18H,1,4-14H2,2H3,(H,20,21). The fourth-order valence-corrected chi connectivity index (χ4v) is 2.86. The Morgan fingerprint density at radius 1 is 1.27 bits per heavy atom. The first kappa shape index (κ1) is 19.0. The largest absolute Gasteiger partial charge is 0.465 e. The van der Waals surface area contributed by atoms with Crippen LogP contribution in [-0.4, -0.2) is 55.0 Å². The Morgan fingerprint density at radius 2 is 2.00 bits per heavy atom. The number of nitrogens with one attached hydrogen (secondary N) is 1. The molecule has 1 aliphatic carbocycles. The van der Waals surface area contributed by atoms with E-state index in [1.54, 1.807) is 7.05 Å². The number of carbonyl (C=O) groups is 1. The van der Waals surface area contributed by atoms with Crippen LogP contribution in [0.1, 0.15) is 51.4 Å². The monoisotopic (exact) mass is 312 g/mol. The average molecular weight is 312 g/mol. The number of hydrogen-bond acceptors (Lipinski definition) is 3. The molecule has 5 nitrogen and oxygen atoms in total. The smallest absolute Gasteiger partial charge is 0.407 e. The maximum atomic E-state index is 10.9. The quantitative estimate of drug-likeness (QED) is 0.454. The van der Waals surface area contributed by atoms with Gasteiger partial charge in [0.1, 0.15) is 0 Å². The Kier molecular flexibility index (Phi) is 9.91. The van der Waals surface area contributed by atoms with Gasteiger partial charge in [0, 0.05) is 19.7 Å². The second-order valence-electron chi connectivity index (χ2n) is 6.08. The molecule has 128 valence electrons. The van der Waals surface area contributed by atoms with Crippen molar-refractivity contribution >= 4 is 6.09 Å². The minimum Gasteiger partial charge on any atom is -0.465 e. The molecule has 0 unspecified atom stereocenters. The Morgan fingerprint density at radius 3 is 2.64 bits per heavy atom. The Bertz CT molecular complexity index is 315. The molecule has 0 bridgehead atoms. The Balaban J connectivity index is 1.95. The number of amides is 1. The van der Waals surface area contributed by atoms with Crippen molar-refractivity contribution in [1.29, 1.82) is 0 Å². The van der Waals surface area contributed by atoms with E-state index in [0.29, 0.717) is 6.10 Å². The third-order valence-corrected chi connectivity index (χ3v) is 4.37. The van der Waals surface area contributed by atoms with Crippen LogP contribution in [0.25, 0.3) is 0 Å². The molecule has 22 heavy (non-hydrogen) atoms. The van der Waals surface area contributed by atoms with Crippen LogP contribution < -0.4 is 5.32 Å². The minimum atomic E-state index is -0.828. The lowest BCUT2D eigenvalue weighted by atomic mass is 9.92. The summed E-state index contributed by atoms with van der Waals surface area (Å²) in [5.41, 5.74) is 0. The van der Waals surface area contributed by atoms with Gasteiger partial charge < -0.3 is 20.1 Å². The van der Waals surface area contributed by atoms with Crippen molar-refractivity contribution < 1.29 is 14.6 Å². The van der Waals surface area contributed by atoms with Crippen molar-refractivity contribution in [3.05, 3.63) is 12.7 Å². The normalized spacial score (nSPS) is 21.5. The summed E-state index contributed by atoms with van der Waals surface area (Å²) in [5, 5.41) is 12.4. The van der Waals surface area contributed by atoms with Crippen LogP contribution in [0.15, 0.2) is 12.7 Å². The molecular weight excluding hydrogens is 280 g/mol. The van der Waals surface area contributed by atoms with Crippen LogP contribution in [0.4, 0.5) is 4.79 Å². The van der Waals surface area contributed by atoms with Crippen LogP contribution in [0.2, 0.25) is 0 Å². The fraction of sp³-hybridized carbons (Fsp3) is 0.824. The van der Waals surface area contributed by atoms with Crippen molar-refractivity contribution in [3.63, 3.8) is 0 Å². The van der Waals surface area contributed by atoms with Gasteiger partial charge in [-0.2, -0.15) is 0 Å². The molecule has 0 radical (unpaired) electrons. The maximum Gasteiger partial charge on any atom is 0.407 e. The second kappa shape index (κ2) is 11.5. The molecule has 0 atom stereocenters. The zero-order valence-corrected chi connectivity index (χ0v) is 13.9. The molecule has 1 fully saturated rings. The highest BCUT2D eigenvalue weighted by atomic mass is 16.5. The lowest BCUT2D eigenvalue weighted by Crippen LogP contribution is -2.39. The number of rotatable bonds is 11. The minimum absolute atomic E-state index is 0.166. The molecule has 0 saturated heterocycles. The van der Waals surface area contributed by atoms with Gasteiger partial charge in [-0.15, -0.1) is 6.58 Å². The van der Waals surface area contributed by atoms with Crippen LogP contribution in [0.3, 0.4) is 0 Å². The maximum absolute atomic E-state index is 10.9. The van der Waals surface area contributed by atoms with Crippen molar-refractivity contribution in [3.8, 4) is 0 Å². The van der Waals surface area contributed by atoms with Crippen LogP contribution in [0.5, 0.6) is 0 Å². The molecule has 5 heteroatoms. The SMILES string of the molecule is C=CCCNCCCCCOC1CCC(N(C)C(=O)O)CC1. The summed E-state index contributed by atoms with van der Waals surface area (Å²) >= 11 is 0. The third-order valence-electron chi connectivity index (χ3n) is 4.37. The van der Waals surface area contributed by atoms with Crippen LogP contribution in [0, 0.1) is 0 Å². The average Bonchev–Trinajstić information content (AvgIpc) is 2.53. The van der Waals surface area contributed by atoms with Crippen molar-refractivity contribution in [2.45, 2.75) is 63.5 Å². The molecule has 0 aromatic heterocycles. The molecule has 0 aliphatic heterocycles. The number of nitrogens with zero attached hydrogens (tertiary/aromatic N) is 1. The molecule has 1 aliphatic rings. The van der Waals surface area contributed by atoms with Crippen LogP contribution in [-0.2, 0) is 4.74 Å². The fourth-order valence-electron chi connectivity index (χ4n) is 2.86. The Hall–Kier alpha value is -1.07. The van der Waals surface area contributed by atoms with Crippen molar-refractivity contribution in [2.75, 3.05) is 26.7 Å². The zero-order chi connectivity index (χ0) is 16.2. The molecule has 0 heterocycles. The zero-order valence-electron chi connectivity index (χ0n) is 13.9. The predicted octanol–water partition coefficient (Wildman–Crippen LogP) is 3.26. The summed E-state index contributed by atoms with van der Waals surface area (Å²) in [6, 6.07) is 0.166. The molecule has 1 amide bonds. The molecule has 2 N–H and O–H groups in total. The molecule has 0 aromatic carbocycles. The van der Waals surface area contributed by atoms with Gasteiger partial charge in [0.15, 0.2) is 0 Å². The number of hydrogen-bond donors (Lipinski definition) is 2. The summed E-state index contributed by atoms with van der Waals surface area (Å²) in [6.45, 7) is 6.62. The summed E-state index contributed by atoms with van der Waals surface area (Å²) in [5.74, 6) is 0. The van der Waals surface area contributed by atoms with Gasteiger partial charge in [0.05, 0.1) is 6.10 Å². The number of carboxylic acid groups (broad SMARTS) is 1. The summed E-state index contributed by atoms with van der Waals surface area (Å²) in [4.78, 5) is 12.4. The number of ether oxygens (including phenoxy) is 1. The lowest BCUT2D eigenvalue weighted by molar-refractivity contribution is 0.0100. The van der Waals surface area contributed by atoms with Crippen LogP contribution >= 0.6 is 0 Å². The molecule has 0 spiro atoms. The van der Waals surface area contributed by atoms with E-state index in [1.807, 2.05) is 6.08 Å². The first-order chi connectivity index (χ1) is 10.6. The van der Waals surface area contributed by atoms with E-state index in [9.17, 15) is 4.79 Å². The van der Waals surface area contributed by atoms with Crippen molar-refractivity contribution in [1.82, 2.24) is 10.2 Å². The van der Waals surface area contributed by atoms with E-state index in [0.717, 1.165) is 58.2 Å². The van der Waals surface area contributed by atoms with Crippen molar-refractivity contribution in [2.24, 2.45) is 0 Å². The van der Waals surface area contributed by atoms with E-state index in [1.165, 1.54) is 17.7 Å². The first-order valence-corrected chi connectivity index (χ1v) is 8.54. The van der Waals surface area contributed by atoms with Gasteiger partial charge in [0.25, 0.3) is 0 Å². The van der Waals surface area contributed by atoms with Gasteiger partial charge in [-0.05, 0) is 64.5 Å².